The lowest BCUT2D eigenvalue weighted by Crippen LogP contribution is -2.14. The Kier molecular flexibility index (Phi) is 6.00. The third-order valence-electron chi connectivity index (χ3n) is 2.88. The molecular weight excluding hydrogens is 233 g/mol. The average Bonchev–Trinajstić information content (AvgIpc) is 2.28. The normalized spacial score (nSPS) is 13.1. The highest BCUT2D eigenvalue weighted by Crippen LogP contribution is 2.31. The van der Waals surface area contributed by atoms with Crippen LogP contribution in [0, 0.1) is 11.7 Å². The van der Waals surface area contributed by atoms with Crippen molar-refractivity contribution in [3.8, 4) is 0 Å². The van der Waals surface area contributed by atoms with Crippen molar-refractivity contribution in [3.63, 3.8) is 0 Å². The van der Waals surface area contributed by atoms with Gasteiger partial charge in [-0.3, -0.25) is 0 Å². The van der Waals surface area contributed by atoms with Gasteiger partial charge in [-0.15, -0.1) is 11.8 Å². The van der Waals surface area contributed by atoms with Crippen LogP contribution in [-0.4, -0.2) is 11.8 Å². The minimum absolute atomic E-state index is 0.105. The van der Waals surface area contributed by atoms with Gasteiger partial charge in [0.1, 0.15) is 5.82 Å². The van der Waals surface area contributed by atoms with E-state index in [2.05, 4.69) is 26.1 Å². The Bertz CT molecular complexity index is 352. The van der Waals surface area contributed by atoms with Crippen molar-refractivity contribution in [1.29, 1.82) is 0 Å². The van der Waals surface area contributed by atoms with E-state index in [0.717, 1.165) is 17.0 Å². The summed E-state index contributed by atoms with van der Waals surface area (Å²) in [7, 11) is 0. The molecule has 0 aliphatic carbocycles. The zero-order valence-corrected chi connectivity index (χ0v) is 11.9. The summed E-state index contributed by atoms with van der Waals surface area (Å²) in [5, 5.41) is 3.69. The van der Waals surface area contributed by atoms with Crippen molar-refractivity contribution in [1.82, 2.24) is 5.32 Å². The molecule has 96 valence electrons. The molecule has 0 aromatic heterocycles. The molecule has 1 aromatic carbocycles. The Labute approximate surface area is 108 Å². The maximum atomic E-state index is 13.8. The molecule has 0 aliphatic heterocycles. The van der Waals surface area contributed by atoms with Crippen LogP contribution in [0.2, 0.25) is 0 Å². The topological polar surface area (TPSA) is 12.0 Å². The first-order valence-electron chi connectivity index (χ1n) is 6.21. The van der Waals surface area contributed by atoms with Gasteiger partial charge >= 0.3 is 0 Å². The van der Waals surface area contributed by atoms with Gasteiger partial charge in [-0.2, -0.15) is 0 Å². The predicted molar refractivity (Wildman–Crippen MR) is 73.9 cm³/mol. The van der Waals surface area contributed by atoms with Gasteiger partial charge in [-0.1, -0.05) is 33.8 Å². The van der Waals surface area contributed by atoms with Crippen LogP contribution in [0.4, 0.5) is 4.39 Å². The second kappa shape index (κ2) is 7.02. The highest BCUT2D eigenvalue weighted by atomic mass is 32.2. The smallest absolute Gasteiger partial charge is 0.128 e. The van der Waals surface area contributed by atoms with Crippen LogP contribution in [0.3, 0.4) is 0 Å². The number of hydrogen-bond acceptors (Lipinski definition) is 2. The van der Waals surface area contributed by atoms with Gasteiger partial charge in [-0.05, 0) is 24.6 Å². The van der Waals surface area contributed by atoms with Gasteiger partial charge in [-0.25, -0.2) is 4.39 Å². The van der Waals surface area contributed by atoms with Crippen molar-refractivity contribution in [2.45, 2.75) is 44.4 Å². The zero-order chi connectivity index (χ0) is 12.8. The number of thioether (sulfide) groups is 1. The van der Waals surface area contributed by atoms with Crippen molar-refractivity contribution in [3.05, 3.63) is 29.6 Å². The summed E-state index contributed by atoms with van der Waals surface area (Å²) >= 11 is 1.76. The van der Waals surface area contributed by atoms with Crippen LogP contribution in [0.1, 0.15) is 33.3 Å². The van der Waals surface area contributed by atoms with Crippen molar-refractivity contribution in [2.24, 2.45) is 5.92 Å². The molecule has 0 aliphatic rings. The lowest BCUT2D eigenvalue weighted by molar-refractivity contribution is 0.584. The van der Waals surface area contributed by atoms with Crippen LogP contribution in [0.5, 0.6) is 0 Å². The molecule has 1 aromatic rings. The third kappa shape index (κ3) is 4.32. The molecule has 0 spiro atoms. The SMILES string of the molecule is CCNCc1c(F)cccc1SC(C)C(C)C. The number of halogens is 1. The Balaban J connectivity index is 2.86. The van der Waals surface area contributed by atoms with Gasteiger partial charge in [0.15, 0.2) is 0 Å². The molecule has 0 fully saturated rings. The maximum Gasteiger partial charge on any atom is 0.128 e. The van der Waals surface area contributed by atoms with Crippen LogP contribution >= 0.6 is 11.8 Å². The fourth-order valence-electron chi connectivity index (χ4n) is 1.41. The molecular formula is C14H22FNS. The van der Waals surface area contributed by atoms with Crippen molar-refractivity contribution < 1.29 is 4.39 Å². The first kappa shape index (κ1) is 14.5. The number of benzene rings is 1. The lowest BCUT2D eigenvalue weighted by atomic mass is 10.1. The summed E-state index contributed by atoms with van der Waals surface area (Å²) in [4.78, 5) is 1.06. The van der Waals surface area contributed by atoms with E-state index in [1.165, 1.54) is 6.07 Å². The summed E-state index contributed by atoms with van der Waals surface area (Å²) in [6.45, 7) is 10.1. The van der Waals surface area contributed by atoms with Gasteiger partial charge in [0.05, 0.1) is 0 Å². The molecule has 17 heavy (non-hydrogen) atoms. The number of nitrogens with one attached hydrogen (secondary N) is 1. The lowest BCUT2D eigenvalue weighted by Gasteiger charge is -2.18. The molecule has 1 nitrogen and oxygen atoms in total. The van der Waals surface area contributed by atoms with Gasteiger partial charge < -0.3 is 5.32 Å². The fraction of sp³-hybridized carbons (Fsp3) is 0.571. The molecule has 0 amide bonds. The zero-order valence-electron chi connectivity index (χ0n) is 11.1. The first-order valence-corrected chi connectivity index (χ1v) is 7.09. The molecule has 0 saturated carbocycles. The van der Waals surface area contributed by atoms with E-state index in [1.807, 2.05) is 13.0 Å². The second-order valence-corrected chi connectivity index (χ2v) is 5.98. The Morgan fingerprint density at radius 3 is 2.59 bits per heavy atom. The second-order valence-electron chi connectivity index (χ2n) is 4.56. The maximum absolute atomic E-state index is 13.8. The Hall–Kier alpha value is -0.540. The summed E-state index contributed by atoms with van der Waals surface area (Å²) in [6, 6.07) is 5.34. The molecule has 0 radical (unpaired) electrons. The standard InChI is InChI=1S/C14H22FNS/c1-5-16-9-12-13(15)7-6-8-14(12)17-11(4)10(2)3/h6-8,10-11,16H,5,9H2,1-4H3. The number of hydrogen-bond donors (Lipinski definition) is 1. The third-order valence-corrected chi connectivity index (χ3v) is 4.43. The van der Waals surface area contributed by atoms with Crippen LogP contribution < -0.4 is 5.32 Å². The van der Waals surface area contributed by atoms with E-state index < -0.39 is 0 Å². The first-order chi connectivity index (χ1) is 8.06. The quantitative estimate of drug-likeness (QED) is 0.769. The summed E-state index contributed by atoms with van der Waals surface area (Å²) in [6.07, 6.45) is 0. The van der Waals surface area contributed by atoms with E-state index in [9.17, 15) is 4.39 Å². The summed E-state index contributed by atoms with van der Waals surface area (Å²) in [5.74, 6) is 0.488. The molecule has 0 bridgehead atoms. The number of rotatable bonds is 6. The minimum atomic E-state index is -0.105. The molecule has 1 atom stereocenters. The van der Waals surface area contributed by atoms with E-state index in [-0.39, 0.29) is 5.82 Å². The summed E-state index contributed by atoms with van der Waals surface area (Å²) in [5.41, 5.74) is 0.798. The molecule has 1 N–H and O–H groups in total. The monoisotopic (exact) mass is 255 g/mol. The average molecular weight is 255 g/mol. The molecule has 1 rings (SSSR count). The highest BCUT2D eigenvalue weighted by molar-refractivity contribution is 8.00. The van der Waals surface area contributed by atoms with E-state index in [4.69, 9.17) is 0 Å². The Morgan fingerprint density at radius 2 is 2.00 bits per heavy atom. The van der Waals surface area contributed by atoms with E-state index in [0.29, 0.717) is 17.7 Å². The minimum Gasteiger partial charge on any atom is -0.313 e. The Morgan fingerprint density at radius 1 is 1.29 bits per heavy atom. The van der Waals surface area contributed by atoms with Gasteiger partial charge in [0, 0.05) is 22.3 Å². The van der Waals surface area contributed by atoms with E-state index in [1.54, 1.807) is 17.8 Å². The van der Waals surface area contributed by atoms with Crippen LogP contribution in [0.25, 0.3) is 0 Å². The predicted octanol–water partition coefficient (Wildman–Crippen LogP) is 4.07. The fourth-order valence-corrected chi connectivity index (χ4v) is 2.55. The van der Waals surface area contributed by atoms with Crippen molar-refractivity contribution >= 4 is 11.8 Å². The highest BCUT2D eigenvalue weighted by Gasteiger charge is 2.13. The van der Waals surface area contributed by atoms with E-state index >= 15 is 0 Å². The van der Waals surface area contributed by atoms with Crippen LogP contribution in [0.15, 0.2) is 23.1 Å². The van der Waals surface area contributed by atoms with Crippen LogP contribution in [-0.2, 0) is 6.54 Å². The molecule has 3 heteroatoms. The van der Waals surface area contributed by atoms with Gasteiger partial charge in [0.25, 0.3) is 0 Å². The largest absolute Gasteiger partial charge is 0.313 e. The molecule has 0 saturated heterocycles. The molecule has 0 heterocycles. The van der Waals surface area contributed by atoms with Gasteiger partial charge in [0.2, 0.25) is 0 Å². The van der Waals surface area contributed by atoms with Crippen molar-refractivity contribution in [2.75, 3.05) is 6.54 Å². The molecule has 1 unspecified atom stereocenters. The summed E-state index contributed by atoms with van der Waals surface area (Å²) < 4.78 is 13.8.